The third-order valence-corrected chi connectivity index (χ3v) is 8.72. The zero-order valence-electron chi connectivity index (χ0n) is 16.2. The number of nitrogens with two attached hydrogens (primary N) is 3. The van der Waals surface area contributed by atoms with Gasteiger partial charge in [0.2, 0.25) is 0 Å². The molecular formula is C20H22ClN7S2. The summed E-state index contributed by atoms with van der Waals surface area (Å²) in [6.45, 7) is 1.80. The fourth-order valence-electron chi connectivity index (χ4n) is 4.44. The third kappa shape index (κ3) is 3.30. The number of piperidine rings is 1. The van der Waals surface area contributed by atoms with Crippen molar-refractivity contribution in [1.82, 2.24) is 15.0 Å². The van der Waals surface area contributed by atoms with E-state index in [0.29, 0.717) is 15.9 Å². The van der Waals surface area contributed by atoms with E-state index in [9.17, 15) is 0 Å². The molecule has 6 N–H and O–H groups in total. The van der Waals surface area contributed by atoms with Gasteiger partial charge in [-0.2, -0.15) is 0 Å². The van der Waals surface area contributed by atoms with Crippen LogP contribution in [-0.4, -0.2) is 28.0 Å². The lowest BCUT2D eigenvalue weighted by molar-refractivity contribution is 0.187. The van der Waals surface area contributed by atoms with Crippen LogP contribution in [0.2, 0.25) is 5.02 Å². The van der Waals surface area contributed by atoms with Crippen LogP contribution in [0, 0.1) is 5.41 Å². The summed E-state index contributed by atoms with van der Waals surface area (Å²) < 4.78 is 0. The highest BCUT2D eigenvalue weighted by molar-refractivity contribution is 7.99. The lowest BCUT2D eigenvalue weighted by atomic mass is 9.73. The number of aromatic nitrogens is 3. The highest BCUT2D eigenvalue weighted by Gasteiger charge is 2.46. The monoisotopic (exact) mass is 459 g/mol. The summed E-state index contributed by atoms with van der Waals surface area (Å²) in [6, 6.07) is 4.11. The molecule has 3 aromatic heterocycles. The normalized spacial score (nSPS) is 19.9. The number of anilines is 3. The molecule has 10 heteroatoms. The van der Waals surface area contributed by atoms with E-state index in [4.69, 9.17) is 28.8 Å². The van der Waals surface area contributed by atoms with E-state index in [1.54, 1.807) is 18.5 Å². The van der Waals surface area contributed by atoms with Crippen molar-refractivity contribution in [3.63, 3.8) is 0 Å². The molecule has 1 unspecified atom stereocenters. The number of fused-ring (bicyclic) bond motifs is 1. The Labute approximate surface area is 188 Å². The standard InChI is InChI=1S/C20H22ClN7S2/c21-15-12(1-5-25-17(15)23)30-19-18(24)27-14(10-26-19)28-6-3-20(4-7-28)9-13-11(16(20)22)2-8-29-13/h1-2,5,8,10,16H,3-4,6-7,9,22H2,(H2,23,25)(H2,24,27). The van der Waals surface area contributed by atoms with E-state index < -0.39 is 0 Å². The third-order valence-electron chi connectivity index (χ3n) is 6.21. The molecule has 0 aromatic carbocycles. The first-order valence-electron chi connectivity index (χ1n) is 9.74. The van der Waals surface area contributed by atoms with E-state index >= 15 is 0 Å². The molecule has 0 bridgehead atoms. The second kappa shape index (κ2) is 7.56. The maximum Gasteiger partial charge on any atom is 0.158 e. The van der Waals surface area contributed by atoms with Gasteiger partial charge in [-0.15, -0.1) is 11.3 Å². The van der Waals surface area contributed by atoms with Crippen LogP contribution in [0.5, 0.6) is 0 Å². The van der Waals surface area contributed by atoms with Crippen molar-refractivity contribution in [3.8, 4) is 0 Å². The molecule has 4 heterocycles. The molecule has 1 saturated heterocycles. The van der Waals surface area contributed by atoms with E-state index in [1.807, 2.05) is 11.3 Å². The highest BCUT2D eigenvalue weighted by atomic mass is 35.5. The second-order valence-electron chi connectivity index (χ2n) is 7.83. The van der Waals surface area contributed by atoms with Crippen LogP contribution in [0.1, 0.15) is 29.3 Å². The van der Waals surface area contributed by atoms with Crippen molar-refractivity contribution in [2.24, 2.45) is 11.1 Å². The number of halogens is 1. The van der Waals surface area contributed by atoms with Gasteiger partial charge in [0.05, 0.1) is 11.2 Å². The maximum absolute atomic E-state index is 6.64. The van der Waals surface area contributed by atoms with Gasteiger partial charge in [-0.05, 0) is 47.8 Å². The summed E-state index contributed by atoms with van der Waals surface area (Å²) in [5, 5.41) is 3.15. The molecular weight excluding hydrogens is 438 g/mol. The zero-order chi connectivity index (χ0) is 20.9. The van der Waals surface area contributed by atoms with Gasteiger partial charge in [-0.25, -0.2) is 15.0 Å². The molecule has 1 fully saturated rings. The number of hydrogen-bond donors (Lipinski definition) is 3. The van der Waals surface area contributed by atoms with Crippen molar-refractivity contribution >= 4 is 52.2 Å². The Kier molecular flexibility index (Phi) is 5.01. The number of hydrogen-bond acceptors (Lipinski definition) is 9. The van der Waals surface area contributed by atoms with E-state index in [1.165, 1.54) is 22.2 Å². The first-order valence-corrected chi connectivity index (χ1v) is 11.8. The van der Waals surface area contributed by atoms with Gasteiger partial charge in [0, 0.05) is 35.1 Å². The zero-order valence-corrected chi connectivity index (χ0v) is 18.6. The molecule has 30 heavy (non-hydrogen) atoms. The summed E-state index contributed by atoms with van der Waals surface area (Å²) in [6.07, 6.45) is 6.56. The Balaban J connectivity index is 1.29. The predicted molar refractivity (Wildman–Crippen MR) is 123 cm³/mol. The number of nitrogens with zero attached hydrogens (tertiary/aromatic N) is 4. The molecule has 7 nitrogen and oxygen atoms in total. The van der Waals surface area contributed by atoms with Gasteiger partial charge in [0.15, 0.2) is 5.82 Å². The fourth-order valence-corrected chi connectivity index (χ4v) is 6.53. The molecule has 0 saturated carbocycles. The average Bonchev–Trinajstić information content (AvgIpc) is 3.29. The molecule has 1 spiro atoms. The van der Waals surface area contributed by atoms with E-state index in [-0.39, 0.29) is 17.3 Å². The van der Waals surface area contributed by atoms with Crippen LogP contribution in [0.25, 0.3) is 0 Å². The fraction of sp³-hybridized carbons (Fsp3) is 0.350. The van der Waals surface area contributed by atoms with Crippen LogP contribution < -0.4 is 22.1 Å². The predicted octanol–water partition coefficient (Wildman–Crippen LogP) is 3.74. The minimum absolute atomic E-state index is 0.133. The highest BCUT2D eigenvalue weighted by Crippen LogP contribution is 2.52. The minimum Gasteiger partial charge on any atom is -0.382 e. The van der Waals surface area contributed by atoms with Crippen LogP contribution in [0.4, 0.5) is 17.5 Å². The first-order chi connectivity index (χ1) is 14.5. The minimum atomic E-state index is 0.133. The van der Waals surface area contributed by atoms with Gasteiger partial charge in [0.25, 0.3) is 0 Å². The molecule has 2 aliphatic rings. The lowest BCUT2D eigenvalue weighted by Gasteiger charge is -2.42. The molecule has 0 amide bonds. The van der Waals surface area contributed by atoms with Crippen molar-refractivity contribution in [2.75, 3.05) is 29.5 Å². The van der Waals surface area contributed by atoms with E-state index in [0.717, 1.165) is 43.1 Å². The quantitative estimate of drug-likeness (QED) is 0.541. The van der Waals surface area contributed by atoms with Gasteiger partial charge < -0.3 is 22.1 Å². The van der Waals surface area contributed by atoms with Crippen molar-refractivity contribution in [1.29, 1.82) is 0 Å². The average molecular weight is 460 g/mol. The first kappa shape index (κ1) is 19.9. The summed E-state index contributed by atoms with van der Waals surface area (Å²) >= 11 is 9.40. The second-order valence-corrected chi connectivity index (χ2v) is 10.2. The summed E-state index contributed by atoms with van der Waals surface area (Å²) in [5.74, 6) is 1.46. The van der Waals surface area contributed by atoms with Gasteiger partial charge >= 0.3 is 0 Å². The van der Waals surface area contributed by atoms with E-state index in [2.05, 4.69) is 31.3 Å². The van der Waals surface area contributed by atoms with Crippen molar-refractivity contribution in [2.45, 2.75) is 35.2 Å². The Hall–Kier alpha value is -2.07. The van der Waals surface area contributed by atoms with Crippen LogP contribution >= 0.6 is 34.7 Å². The molecule has 1 aliphatic carbocycles. The van der Waals surface area contributed by atoms with Crippen molar-refractivity contribution < 1.29 is 0 Å². The molecule has 156 valence electrons. The molecule has 1 atom stereocenters. The Morgan fingerprint density at radius 3 is 2.70 bits per heavy atom. The SMILES string of the molecule is Nc1nc(N2CCC3(CC2)Cc2sccc2C3N)cnc1Sc1ccnc(N)c1Cl. The molecule has 3 aromatic rings. The number of rotatable bonds is 3. The largest absolute Gasteiger partial charge is 0.382 e. The Bertz CT molecular complexity index is 1090. The van der Waals surface area contributed by atoms with Crippen molar-refractivity contribution in [3.05, 3.63) is 45.4 Å². The summed E-state index contributed by atoms with van der Waals surface area (Å²) in [7, 11) is 0. The van der Waals surface area contributed by atoms with Gasteiger partial charge in [-0.1, -0.05) is 23.4 Å². The van der Waals surface area contributed by atoms with Crippen LogP contribution in [0.3, 0.4) is 0 Å². The summed E-state index contributed by atoms with van der Waals surface area (Å²) in [4.78, 5) is 17.6. The number of pyridine rings is 1. The summed E-state index contributed by atoms with van der Waals surface area (Å²) in [5.41, 5.74) is 20.1. The molecule has 0 radical (unpaired) electrons. The Morgan fingerprint density at radius 2 is 1.97 bits per heavy atom. The maximum atomic E-state index is 6.64. The van der Waals surface area contributed by atoms with Gasteiger partial charge in [-0.3, -0.25) is 0 Å². The van der Waals surface area contributed by atoms with Crippen LogP contribution in [-0.2, 0) is 6.42 Å². The van der Waals surface area contributed by atoms with Crippen LogP contribution in [0.15, 0.2) is 39.8 Å². The smallest absolute Gasteiger partial charge is 0.158 e. The van der Waals surface area contributed by atoms with Gasteiger partial charge in [0.1, 0.15) is 16.7 Å². The lowest BCUT2D eigenvalue weighted by Crippen LogP contribution is -2.44. The molecule has 5 rings (SSSR count). The Morgan fingerprint density at radius 1 is 1.17 bits per heavy atom. The number of thiophene rings is 1. The topological polar surface area (TPSA) is 120 Å². The number of nitrogen functional groups attached to an aromatic ring is 2. The molecule has 1 aliphatic heterocycles.